The molecule has 29 heavy (non-hydrogen) atoms. The van der Waals surface area contributed by atoms with Crippen LogP contribution in [0.5, 0.6) is 0 Å². The number of rotatable bonds is 5. The smallest absolute Gasteiger partial charge is 0.191 e. The molecule has 154 valence electrons. The van der Waals surface area contributed by atoms with Gasteiger partial charge < -0.3 is 15.4 Å². The highest BCUT2D eigenvalue weighted by molar-refractivity contribution is 14.0. The number of aromatic nitrogens is 3. The van der Waals surface area contributed by atoms with E-state index < -0.39 is 0 Å². The van der Waals surface area contributed by atoms with Gasteiger partial charge in [-0.05, 0) is 30.5 Å². The van der Waals surface area contributed by atoms with Gasteiger partial charge in [0.15, 0.2) is 17.4 Å². The third-order valence-electron chi connectivity index (χ3n) is 5.13. The second-order valence-corrected chi connectivity index (χ2v) is 6.96. The summed E-state index contributed by atoms with van der Waals surface area (Å²) in [6.45, 7) is 2.18. The van der Waals surface area contributed by atoms with E-state index in [-0.39, 0.29) is 30.1 Å². The van der Waals surface area contributed by atoms with Crippen molar-refractivity contribution < 1.29 is 4.74 Å². The van der Waals surface area contributed by atoms with Gasteiger partial charge in [-0.2, -0.15) is 0 Å². The van der Waals surface area contributed by atoms with Gasteiger partial charge >= 0.3 is 0 Å². The van der Waals surface area contributed by atoms with Crippen LogP contribution in [-0.4, -0.2) is 40.8 Å². The van der Waals surface area contributed by atoms with Gasteiger partial charge in [-0.15, -0.1) is 34.2 Å². The molecule has 0 bridgehead atoms. The molecule has 2 unspecified atom stereocenters. The first-order valence-electron chi connectivity index (χ1n) is 9.75. The summed E-state index contributed by atoms with van der Waals surface area (Å²) in [4.78, 5) is 4.35. The number of fused-ring (bicyclic) bond motifs is 1. The maximum atomic E-state index is 6.09. The van der Waals surface area contributed by atoms with Crippen LogP contribution in [-0.2, 0) is 11.3 Å². The van der Waals surface area contributed by atoms with Crippen molar-refractivity contribution in [1.82, 2.24) is 25.2 Å². The molecule has 0 saturated carbocycles. The van der Waals surface area contributed by atoms with Crippen molar-refractivity contribution in [2.24, 2.45) is 10.9 Å². The Bertz CT molecular complexity index is 929. The molecule has 1 aromatic carbocycles. The number of nitrogens with zero attached hydrogens (tertiary/aromatic N) is 4. The van der Waals surface area contributed by atoms with Crippen molar-refractivity contribution in [1.29, 1.82) is 0 Å². The van der Waals surface area contributed by atoms with E-state index in [0.717, 1.165) is 43.4 Å². The Morgan fingerprint density at radius 2 is 1.97 bits per heavy atom. The summed E-state index contributed by atoms with van der Waals surface area (Å²) in [5.41, 5.74) is 2.08. The number of aliphatic imine (C=N–C) groups is 1. The Hall–Kier alpha value is -2.20. The van der Waals surface area contributed by atoms with E-state index in [1.807, 2.05) is 34.9 Å². The highest BCUT2D eigenvalue weighted by Crippen LogP contribution is 2.32. The molecule has 2 atom stereocenters. The first kappa shape index (κ1) is 21.5. The fourth-order valence-corrected chi connectivity index (χ4v) is 3.69. The minimum atomic E-state index is 0. The van der Waals surface area contributed by atoms with Crippen molar-refractivity contribution >= 4 is 35.6 Å². The molecule has 3 aromatic rings. The summed E-state index contributed by atoms with van der Waals surface area (Å²) < 4.78 is 8.06. The molecule has 1 aliphatic heterocycles. The van der Waals surface area contributed by atoms with E-state index in [1.54, 1.807) is 7.05 Å². The van der Waals surface area contributed by atoms with Gasteiger partial charge in [-0.1, -0.05) is 36.4 Å². The molecule has 7 nitrogen and oxygen atoms in total. The SMILES string of the molecule is CN=C(NCc1nnc2ccccn12)NCC1CCCOC1c1ccccc1.I. The van der Waals surface area contributed by atoms with Gasteiger partial charge in [0.2, 0.25) is 0 Å². The molecule has 1 aliphatic rings. The molecule has 0 radical (unpaired) electrons. The summed E-state index contributed by atoms with van der Waals surface area (Å²) >= 11 is 0. The molecule has 2 N–H and O–H groups in total. The first-order chi connectivity index (χ1) is 13.8. The maximum absolute atomic E-state index is 6.09. The lowest BCUT2D eigenvalue weighted by Crippen LogP contribution is -2.41. The number of ether oxygens (including phenoxy) is 1. The van der Waals surface area contributed by atoms with E-state index in [0.29, 0.717) is 12.5 Å². The van der Waals surface area contributed by atoms with Crippen LogP contribution in [0.4, 0.5) is 0 Å². The number of nitrogens with one attached hydrogen (secondary N) is 2. The van der Waals surface area contributed by atoms with Crippen molar-refractivity contribution in [3.8, 4) is 0 Å². The van der Waals surface area contributed by atoms with Gasteiger partial charge in [0.25, 0.3) is 0 Å². The van der Waals surface area contributed by atoms with Crippen LogP contribution in [0, 0.1) is 5.92 Å². The van der Waals surface area contributed by atoms with Crippen LogP contribution in [0.3, 0.4) is 0 Å². The summed E-state index contributed by atoms with van der Waals surface area (Å²) in [6.07, 6.45) is 4.32. The van der Waals surface area contributed by atoms with Crippen LogP contribution < -0.4 is 10.6 Å². The average Bonchev–Trinajstić information content (AvgIpc) is 3.18. The monoisotopic (exact) mass is 506 g/mol. The third-order valence-corrected chi connectivity index (χ3v) is 5.13. The maximum Gasteiger partial charge on any atom is 0.191 e. The lowest BCUT2D eigenvalue weighted by Gasteiger charge is -2.32. The number of halogens is 1. The number of benzene rings is 1. The molecule has 1 fully saturated rings. The molecule has 0 amide bonds. The molecule has 8 heteroatoms. The Balaban J connectivity index is 0.00000240. The quantitative estimate of drug-likeness (QED) is 0.316. The molecular weight excluding hydrogens is 479 g/mol. The van der Waals surface area contributed by atoms with Crippen LogP contribution in [0.2, 0.25) is 0 Å². The Morgan fingerprint density at radius 3 is 2.79 bits per heavy atom. The van der Waals surface area contributed by atoms with E-state index >= 15 is 0 Å². The van der Waals surface area contributed by atoms with Gasteiger partial charge in [0, 0.05) is 32.3 Å². The normalized spacial score (nSPS) is 19.6. The lowest BCUT2D eigenvalue weighted by molar-refractivity contribution is -0.0265. The van der Waals surface area contributed by atoms with E-state index in [4.69, 9.17) is 4.74 Å². The molecule has 1 saturated heterocycles. The largest absolute Gasteiger partial charge is 0.373 e. The molecule has 0 spiro atoms. The number of guanidine groups is 1. The number of pyridine rings is 1. The molecule has 2 aromatic heterocycles. The topological polar surface area (TPSA) is 75.8 Å². The fraction of sp³-hybridized carbons (Fsp3) is 0.381. The predicted octanol–water partition coefficient (Wildman–Crippen LogP) is 3.18. The predicted molar refractivity (Wildman–Crippen MR) is 124 cm³/mol. The van der Waals surface area contributed by atoms with Crippen molar-refractivity contribution in [3.05, 3.63) is 66.1 Å². The molecule has 0 aliphatic carbocycles. The molecular formula is C21H27IN6O. The third kappa shape index (κ3) is 5.24. The summed E-state index contributed by atoms with van der Waals surface area (Å²) in [5.74, 6) is 2.01. The second kappa shape index (κ2) is 10.5. The Labute approximate surface area is 188 Å². The van der Waals surface area contributed by atoms with E-state index in [1.165, 1.54) is 5.56 Å². The van der Waals surface area contributed by atoms with Gasteiger partial charge in [0.05, 0.1) is 12.6 Å². The Morgan fingerprint density at radius 1 is 1.14 bits per heavy atom. The number of hydrogen-bond acceptors (Lipinski definition) is 4. The molecule has 3 heterocycles. The van der Waals surface area contributed by atoms with Crippen LogP contribution in [0.25, 0.3) is 5.65 Å². The van der Waals surface area contributed by atoms with Crippen LogP contribution in [0.1, 0.15) is 30.3 Å². The highest BCUT2D eigenvalue weighted by Gasteiger charge is 2.27. The summed E-state index contributed by atoms with van der Waals surface area (Å²) in [5, 5.41) is 15.2. The van der Waals surface area contributed by atoms with Crippen molar-refractivity contribution in [3.63, 3.8) is 0 Å². The van der Waals surface area contributed by atoms with Crippen molar-refractivity contribution in [2.75, 3.05) is 20.2 Å². The average molecular weight is 506 g/mol. The standard InChI is InChI=1S/C21H26N6O.HI/c1-22-21(24-15-19-26-25-18-11-5-6-12-27(18)19)23-14-17-10-7-13-28-20(17)16-8-3-2-4-9-16;/h2-6,8-9,11-12,17,20H,7,10,13-15H2,1H3,(H2,22,23,24);1H. The zero-order chi connectivity index (χ0) is 19.2. The van der Waals surface area contributed by atoms with Gasteiger partial charge in [0.1, 0.15) is 0 Å². The number of hydrogen-bond donors (Lipinski definition) is 2. The first-order valence-corrected chi connectivity index (χ1v) is 9.75. The highest BCUT2D eigenvalue weighted by atomic mass is 127. The van der Waals surface area contributed by atoms with Crippen LogP contribution in [0.15, 0.2) is 59.7 Å². The lowest BCUT2D eigenvalue weighted by atomic mass is 9.89. The minimum absolute atomic E-state index is 0. The Kier molecular flexibility index (Phi) is 7.82. The zero-order valence-electron chi connectivity index (χ0n) is 16.5. The fourth-order valence-electron chi connectivity index (χ4n) is 3.69. The summed E-state index contributed by atoms with van der Waals surface area (Å²) in [6, 6.07) is 16.3. The van der Waals surface area contributed by atoms with Crippen molar-refractivity contribution in [2.45, 2.75) is 25.5 Å². The van der Waals surface area contributed by atoms with Gasteiger partial charge in [-0.3, -0.25) is 9.39 Å². The van der Waals surface area contributed by atoms with Crippen LogP contribution >= 0.6 is 24.0 Å². The van der Waals surface area contributed by atoms with Gasteiger partial charge in [-0.25, -0.2) is 0 Å². The molecule has 4 rings (SSSR count). The van der Waals surface area contributed by atoms with E-state index in [2.05, 4.69) is 50.1 Å². The zero-order valence-corrected chi connectivity index (χ0v) is 18.8. The second-order valence-electron chi connectivity index (χ2n) is 6.96. The minimum Gasteiger partial charge on any atom is -0.373 e. The summed E-state index contributed by atoms with van der Waals surface area (Å²) in [7, 11) is 1.78. The van der Waals surface area contributed by atoms with E-state index in [9.17, 15) is 0 Å².